The maximum absolute atomic E-state index is 12.4. The number of carboxylic acid groups (broad SMARTS) is 1. The van der Waals surface area contributed by atoms with E-state index in [1.807, 2.05) is 4.90 Å². The number of hydrogen-bond donors (Lipinski definition) is 1. The summed E-state index contributed by atoms with van der Waals surface area (Å²) in [6.07, 6.45) is 8.83. The van der Waals surface area contributed by atoms with Gasteiger partial charge in [-0.3, -0.25) is 4.79 Å². The topological polar surface area (TPSA) is 70.5 Å². The van der Waals surface area contributed by atoms with Crippen molar-refractivity contribution in [3.05, 3.63) is 29.6 Å². The van der Waals surface area contributed by atoms with Crippen LogP contribution in [0.3, 0.4) is 0 Å². The Kier molecular flexibility index (Phi) is 3.66. The summed E-state index contributed by atoms with van der Waals surface area (Å²) in [5.74, 6) is -1.11. The summed E-state index contributed by atoms with van der Waals surface area (Å²) in [6.45, 7) is 1.61. The average Bonchev–Trinajstić information content (AvgIpc) is 2.96. The minimum Gasteiger partial charge on any atom is -0.477 e. The highest BCUT2D eigenvalue weighted by Gasteiger charge is 2.38. The number of piperidine rings is 1. The van der Waals surface area contributed by atoms with E-state index in [-0.39, 0.29) is 11.6 Å². The molecule has 1 saturated carbocycles. The van der Waals surface area contributed by atoms with Crippen molar-refractivity contribution in [3.8, 4) is 0 Å². The van der Waals surface area contributed by atoms with Gasteiger partial charge in [-0.25, -0.2) is 9.78 Å². The number of carbonyl (C=O) groups is 2. The highest BCUT2D eigenvalue weighted by Crippen LogP contribution is 2.46. The van der Waals surface area contributed by atoms with Gasteiger partial charge in [0.25, 0.3) is 5.91 Å². The lowest BCUT2D eigenvalue weighted by Crippen LogP contribution is -2.42. The Labute approximate surface area is 124 Å². The number of likely N-dealkylation sites (tertiary alicyclic amines) is 1. The van der Waals surface area contributed by atoms with Crippen molar-refractivity contribution >= 4 is 11.9 Å². The summed E-state index contributed by atoms with van der Waals surface area (Å²) < 4.78 is 0. The van der Waals surface area contributed by atoms with Gasteiger partial charge >= 0.3 is 5.97 Å². The van der Waals surface area contributed by atoms with E-state index in [9.17, 15) is 9.59 Å². The average molecular weight is 288 g/mol. The zero-order valence-electron chi connectivity index (χ0n) is 12.0. The lowest BCUT2D eigenvalue weighted by atomic mass is 9.77. The Morgan fingerprint density at radius 1 is 1.10 bits per heavy atom. The monoisotopic (exact) mass is 288 g/mol. The van der Waals surface area contributed by atoms with Crippen LogP contribution in [0.1, 0.15) is 59.4 Å². The molecule has 1 saturated heterocycles. The molecule has 3 rings (SSSR count). The molecule has 0 aromatic carbocycles. The van der Waals surface area contributed by atoms with Crippen molar-refractivity contribution in [2.24, 2.45) is 5.41 Å². The van der Waals surface area contributed by atoms with Gasteiger partial charge in [-0.2, -0.15) is 0 Å². The summed E-state index contributed by atoms with van der Waals surface area (Å²) in [5.41, 5.74) is 0.930. The first kappa shape index (κ1) is 14.0. The van der Waals surface area contributed by atoms with E-state index in [0.717, 1.165) is 25.9 Å². The molecule has 2 heterocycles. The van der Waals surface area contributed by atoms with Crippen molar-refractivity contribution < 1.29 is 14.7 Å². The van der Waals surface area contributed by atoms with Crippen molar-refractivity contribution in [2.45, 2.75) is 38.5 Å². The summed E-state index contributed by atoms with van der Waals surface area (Å²) in [6, 6.07) is 2.94. The van der Waals surface area contributed by atoms with Gasteiger partial charge in [0.05, 0.1) is 5.56 Å². The molecule has 2 fully saturated rings. The molecular formula is C16H20N2O3. The third-order valence-electron chi connectivity index (χ3n) is 5.01. The fourth-order valence-electron chi connectivity index (χ4n) is 3.64. The van der Waals surface area contributed by atoms with Gasteiger partial charge in [-0.05, 0) is 43.2 Å². The van der Waals surface area contributed by atoms with E-state index < -0.39 is 5.97 Å². The molecule has 1 spiro atoms. The zero-order chi connectivity index (χ0) is 14.9. The summed E-state index contributed by atoms with van der Waals surface area (Å²) in [4.78, 5) is 28.9. The number of nitrogens with zero attached hydrogens (tertiary/aromatic N) is 2. The molecule has 5 heteroatoms. The normalized spacial score (nSPS) is 20.7. The number of aromatic nitrogens is 1. The SMILES string of the molecule is O=C(O)c1ccc(C(=O)N2CCC3(CCCC3)CC2)cn1. The van der Waals surface area contributed by atoms with E-state index in [4.69, 9.17) is 5.11 Å². The molecule has 1 aliphatic carbocycles. The second-order valence-electron chi connectivity index (χ2n) is 6.24. The highest BCUT2D eigenvalue weighted by molar-refractivity contribution is 5.95. The van der Waals surface area contributed by atoms with Gasteiger partial charge in [-0.15, -0.1) is 0 Å². The zero-order valence-corrected chi connectivity index (χ0v) is 12.0. The van der Waals surface area contributed by atoms with Gasteiger partial charge < -0.3 is 10.0 Å². The molecule has 2 aliphatic rings. The van der Waals surface area contributed by atoms with Crippen molar-refractivity contribution in [1.82, 2.24) is 9.88 Å². The van der Waals surface area contributed by atoms with Crippen LogP contribution in [0.4, 0.5) is 0 Å². The number of carbonyl (C=O) groups excluding carboxylic acids is 1. The molecular weight excluding hydrogens is 268 g/mol. The fourth-order valence-corrected chi connectivity index (χ4v) is 3.64. The second-order valence-corrected chi connectivity index (χ2v) is 6.24. The van der Waals surface area contributed by atoms with Crippen LogP contribution >= 0.6 is 0 Å². The summed E-state index contributed by atoms with van der Waals surface area (Å²) in [7, 11) is 0. The second kappa shape index (κ2) is 5.47. The Morgan fingerprint density at radius 3 is 2.29 bits per heavy atom. The molecule has 1 aromatic rings. The Balaban J connectivity index is 1.64. The van der Waals surface area contributed by atoms with E-state index in [1.54, 1.807) is 6.07 Å². The highest BCUT2D eigenvalue weighted by atomic mass is 16.4. The first-order chi connectivity index (χ1) is 10.1. The number of hydrogen-bond acceptors (Lipinski definition) is 3. The van der Waals surface area contributed by atoms with Crippen LogP contribution in [0, 0.1) is 5.41 Å². The van der Waals surface area contributed by atoms with Gasteiger partial charge in [0.15, 0.2) is 0 Å². The molecule has 0 atom stereocenters. The molecule has 5 nitrogen and oxygen atoms in total. The van der Waals surface area contributed by atoms with Gasteiger partial charge in [-0.1, -0.05) is 12.8 Å². The van der Waals surface area contributed by atoms with E-state index in [2.05, 4.69) is 4.98 Å². The molecule has 0 bridgehead atoms. The van der Waals surface area contributed by atoms with Crippen LogP contribution in [-0.4, -0.2) is 40.0 Å². The van der Waals surface area contributed by atoms with Gasteiger partial charge in [0, 0.05) is 19.3 Å². The number of rotatable bonds is 2. The number of amides is 1. The molecule has 112 valence electrons. The number of pyridine rings is 1. The molecule has 1 amide bonds. The lowest BCUT2D eigenvalue weighted by molar-refractivity contribution is 0.0585. The summed E-state index contributed by atoms with van der Waals surface area (Å²) >= 11 is 0. The minimum absolute atomic E-state index is 0.0323. The van der Waals surface area contributed by atoms with Crippen LogP contribution in [0.5, 0.6) is 0 Å². The third kappa shape index (κ3) is 2.77. The summed E-state index contributed by atoms with van der Waals surface area (Å²) in [5, 5.41) is 8.82. The smallest absolute Gasteiger partial charge is 0.354 e. The van der Waals surface area contributed by atoms with Gasteiger partial charge in [0.2, 0.25) is 0 Å². The first-order valence-electron chi connectivity index (χ1n) is 7.58. The van der Waals surface area contributed by atoms with Crippen molar-refractivity contribution in [2.75, 3.05) is 13.1 Å². The van der Waals surface area contributed by atoms with Crippen LogP contribution < -0.4 is 0 Å². The first-order valence-corrected chi connectivity index (χ1v) is 7.58. The van der Waals surface area contributed by atoms with Crippen LogP contribution in [0.2, 0.25) is 0 Å². The van der Waals surface area contributed by atoms with Crippen LogP contribution in [0.15, 0.2) is 18.3 Å². The Bertz CT molecular complexity index is 537. The molecule has 1 aliphatic heterocycles. The minimum atomic E-state index is -1.07. The standard InChI is InChI=1S/C16H20N2O3/c19-14(12-3-4-13(15(20)21)17-11-12)18-9-7-16(8-10-18)5-1-2-6-16/h3-4,11H,1-2,5-10H2,(H,20,21). The quantitative estimate of drug-likeness (QED) is 0.908. The maximum Gasteiger partial charge on any atom is 0.354 e. The molecule has 0 radical (unpaired) electrons. The van der Waals surface area contributed by atoms with E-state index in [0.29, 0.717) is 11.0 Å². The number of aromatic carboxylic acids is 1. The predicted molar refractivity (Wildman–Crippen MR) is 77.2 cm³/mol. The van der Waals surface area contributed by atoms with Gasteiger partial charge in [0.1, 0.15) is 5.69 Å². The molecule has 21 heavy (non-hydrogen) atoms. The van der Waals surface area contributed by atoms with Crippen molar-refractivity contribution in [3.63, 3.8) is 0 Å². The molecule has 0 unspecified atom stereocenters. The van der Waals surface area contributed by atoms with Crippen molar-refractivity contribution in [1.29, 1.82) is 0 Å². The molecule has 1 N–H and O–H groups in total. The van der Waals surface area contributed by atoms with E-state index >= 15 is 0 Å². The predicted octanol–water partition coefficient (Wildman–Crippen LogP) is 2.58. The van der Waals surface area contributed by atoms with E-state index in [1.165, 1.54) is 37.9 Å². The fraction of sp³-hybridized carbons (Fsp3) is 0.562. The third-order valence-corrected chi connectivity index (χ3v) is 5.01. The maximum atomic E-state index is 12.4. The number of carboxylic acids is 1. The van der Waals surface area contributed by atoms with Crippen LogP contribution in [0.25, 0.3) is 0 Å². The Morgan fingerprint density at radius 2 is 1.76 bits per heavy atom. The Hall–Kier alpha value is -1.91. The lowest BCUT2D eigenvalue weighted by Gasteiger charge is -2.39. The largest absolute Gasteiger partial charge is 0.477 e. The van der Waals surface area contributed by atoms with Crippen LogP contribution in [-0.2, 0) is 0 Å². The molecule has 1 aromatic heterocycles.